The van der Waals surface area contributed by atoms with Crippen LogP contribution in [-0.2, 0) is 19.1 Å². The standard InChI is InChI=1S/C30H34Cl2F3N3O4/c1-41-11-18-7-6-17(10-42-18)36-26(39)25-23(19-3-2-4-21(32)24(19)35)30(29(38-25)12-28(13-29,14-33)15-34)20-8-5-16(31)9-22(20)37-27(30)40/h2-5,8-9,17-18,20,22-23,25,38H,6-7,10-15H2,1H3,(H,36,39)(H,37,40)/t17-,18+,20?,22?,23+,25-,30-/m1/s1. The number of hydrogen-bond donors (Lipinski definition) is 3. The average Bonchev–Trinajstić information content (AvgIpc) is 3.42. The van der Waals surface area contributed by atoms with Crippen molar-refractivity contribution < 1.29 is 32.2 Å². The lowest BCUT2D eigenvalue weighted by atomic mass is 9.44. The van der Waals surface area contributed by atoms with Gasteiger partial charge in [0.25, 0.3) is 0 Å². The summed E-state index contributed by atoms with van der Waals surface area (Å²) < 4.78 is 55.5. The molecule has 2 unspecified atom stereocenters. The van der Waals surface area contributed by atoms with E-state index >= 15 is 4.39 Å². The number of amides is 2. The first kappa shape index (κ1) is 29.9. The van der Waals surface area contributed by atoms with Crippen molar-refractivity contribution in [1.82, 2.24) is 16.0 Å². The van der Waals surface area contributed by atoms with Gasteiger partial charge in [-0.2, -0.15) is 0 Å². The highest BCUT2D eigenvalue weighted by Gasteiger charge is 2.80. The monoisotopic (exact) mass is 627 g/mol. The summed E-state index contributed by atoms with van der Waals surface area (Å²) in [4.78, 5) is 28.5. The van der Waals surface area contributed by atoms with Gasteiger partial charge in [-0.05, 0) is 49.5 Å². The molecule has 0 aromatic heterocycles. The molecule has 2 aliphatic carbocycles. The lowest BCUT2D eigenvalue weighted by Crippen LogP contribution is -2.70. The van der Waals surface area contributed by atoms with Crippen molar-refractivity contribution in [3.8, 4) is 0 Å². The van der Waals surface area contributed by atoms with Gasteiger partial charge in [0.15, 0.2) is 0 Å². The lowest BCUT2D eigenvalue weighted by molar-refractivity contribution is -0.146. The summed E-state index contributed by atoms with van der Waals surface area (Å²) in [5.74, 6) is -3.24. The molecule has 3 N–H and O–H groups in total. The summed E-state index contributed by atoms with van der Waals surface area (Å²) >= 11 is 12.5. The Hall–Kier alpha value is -2.11. The maximum Gasteiger partial charge on any atom is 0.238 e. The van der Waals surface area contributed by atoms with Crippen molar-refractivity contribution in [2.75, 3.05) is 33.7 Å². The van der Waals surface area contributed by atoms with Gasteiger partial charge >= 0.3 is 0 Å². The molecular formula is C30H34Cl2F3N3O4. The number of alkyl halides is 2. The van der Waals surface area contributed by atoms with Crippen molar-refractivity contribution in [3.05, 3.63) is 57.9 Å². The Labute approximate surface area is 252 Å². The van der Waals surface area contributed by atoms with Gasteiger partial charge in [0.1, 0.15) is 5.82 Å². The molecule has 1 aromatic rings. The molecule has 2 amide bonds. The number of hydrogen-bond acceptors (Lipinski definition) is 5. The quantitative estimate of drug-likeness (QED) is 0.424. The summed E-state index contributed by atoms with van der Waals surface area (Å²) in [6.45, 7) is -1.13. The van der Waals surface area contributed by atoms with Crippen LogP contribution in [0.5, 0.6) is 0 Å². The van der Waals surface area contributed by atoms with Crippen LogP contribution in [0.25, 0.3) is 0 Å². The summed E-state index contributed by atoms with van der Waals surface area (Å²) in [6, 6.07) is 2.53. The fraction of sp³-hybridized carbons (Fsp3) is 0.600. The van der Waals surface area contributed by atoms with E-state index in [4.69, 9.17) is 32.7 Å². The summed E-state index contributed by atoms with van der Waals surface area (Å²) in [7, 11) is 1.60. The highest BCUT2D eigenvalue weighted by Crippen LogP contribution is 2.70. The van der Waals surface area contributed by atoms with Crippen LogP contribution < -0.4 is 16.0 Å². The number of rotatable bonds is 7. The van der Waals surface area contributed by atoms with E-state index in [2.05, 4.69) is 16.0 Å². The molecule has 7 atom stereocenters. The number of allylic oxidation sites excluding steroid dienone is 2. The van der Waals surface area contributed by atoms with Gasteiger partial charge in [-0.1, -0.05) is 41.4 Å². The van der Waals surface area contributed by atoms with Crippen LogP contribution in [0.3, 0.4) is 0 Å². The average molecular weight is 629 g/mol. The first-order valence-electron chi connectivity index (χ1n) is 14.2. The molecule has 12 heteroatoms. The normalized spacial score (nSPS) is 36.0. The molecule has 1 aromatic carbocycles. The van der Waals surface area contributed by atoms with Crippen LogP contribution in [0.4, 0.5) is 13.2 Å². The van der Waals surface area contributed by atoms with Crippen LogP contribution in [0.2, 0.25) is 5.02 Å². The predicted octanol–water partition coefficient (Wildman–Crippen LogP) is 4.10. The van der Waals surface area contributed by atoms with Crippen molar-refractivity contribution in [2.45, 2.75) is 61.4 Å². The predicted molar refractivity (Wildman–Crippen MR) is 151 cm³/mol. The number of ether oxygens (including phenoxy) is 2. The van der Waals surface area contributed by atoms with Crippen LogP contribution >= 0.6 is 23.2 Å². The molecule has 0 bridgehead atoms. The molecule has 3 saturated heterocycles. The van der Waals surface area contributed by atoms with Gasteiger partial charge in [0.2, 0.25) is 11.8 Å². The smallest absolute Gasteiger partial charge is 0.238 e. The molecule has 2 spiro atoms. The molecule has 3 aliphatic heterocycles. The minimum atomic E-state index is -1.48. The summed E-state index contributed by atoms with van der Waals surface area (Å²) in [5, 5.41) is 9.69. The Morgan fingerprint density at radius 3 is 2.64 bits per heavy atom. The maximum atomic E-state index is 15.9. The van der Waals surface area contributed by atoms with Crippen LogP contribution in [0.1, 0.15) is 37.2 Å². The minimum Gasteiger partial charge on any atom is -0.382 e. The SMILES string of the molecule is COC[C@@H]1CC[C@@H](NC(=O)[C@@H]2NC3(CC(CF)(CF)C3)[C@@]3(C(=O)NC4C=C(Cl)C=CC43)[C@H]2c2cccc(Cl)c2F)CO1. The number of methoxy groups -OCH3 is 1. The zero-order valence-corrected chi connectivity index (χ0v) is 24.6. The Balaban J connectivity index is 1.45. The molecule has 6 rings (SSSR count). The van der Waals surface area contributed by atoms with E-state index < -0.39 is 71.3 Å². The molecule has 1 saturated carbocycles. The number of carbonyl (C=O) groups is 2. The number of carbonyl (C=O) groups excluding carboxylic acids is 2. The number of halogens is 5. The third-order valence-corrected chi connectivity index (χ3v) is 10.6. The highest BCUT2D eigenvalue weighted by molar-refractivity contribution is 6.31. The lowest BCUT2D eigenvalue weighted by Gasteiger charge is -2.60. The van der Waals surface area contributed by atoms with E-state index in [9.17, 15) is 18.4 Å². The first-order valence-corrected chi connectivity index (χ1v) is 15.0. The van der Waals surface area contributed by atoms with Crippen molar-refractivity contribution in [2.24, 2.45) is 16.7 Å². The van der Waals surface area contributed by atoms with E-state index in [0.717, 1.165) is 0 Å². The topological polar surface area (TPSA) is 88.7 Å². The van der Waals surface area contributed by atoms with E-state index in [0.29, 0.717) is 24.5 Å². The first-order chi connectivity index (χ1) is 20.1. The number of benzene rings is 1. The zero-order valence-electron chi connectivity index (χ0n) is 23.1. The van der Waals surface area contributed by atoms with E-state index in [1.807, 2.05) is 0 Å². The second-order valence-electron chi connectivity index (χ2n) is 12.4. The molecule has 3 heterocycles. The van der Waals surface area contributed by atoms with Crippen molar-refractivity contribution in [1.29, 1.82) is 0 Å². The molecular weight excluding hydrogens is 594 g/mol. The van der Waals surface area contributed by atoms with Crippen LogP contribution in [0, 0.1) is 22.6 Å². The van der Waals surface area contributed by atoms with Gasteiger partial charge in [-0.25, -0.2) is 4.39 Å². The Morgan fingerprint density at radius 1 is 1.21 bits per heavy atom. The maximum absolute atomic E-state index is 15.9. The van der Waals surface area contributed by atoms with Gasteiger partial charge < -0.3 is 20.1 Å². The summed E-state index contributed by atoms with van der Waals surface area (Å²) in [5.41, 5.74) is -3.89. The van der Waals surface area contributed by atoms with Gasteiger partial charge in [-0.3, -0.25) is 23.7 Å². The molecule has 0 radical (unpaired) electrons. The van der Waals surface area contributed by atoms with Crippen molar-refractivity contribution in [3.63, 3.8) is 0 Å². The fourth-order valence-corrected chi connectivity index (χ4v) is 8.75. The molecule has 5 aliphatic rings. The Bertz CT molecular complexity index is 1310. The third kappa shape index (κ3) is 4.43. The molecule has 228 valence electrons. The second-order valence-corrected chi connectivity index (χ2v) is 13.3. The third-order valence-electron chi connectivity index (χ3n) is 10.0. The molecule has 42 heavy (non-hydrogen) atoms. The molecule has 7 nitrogen and oxygen atoms in total. The Kier molecular flexibility index (Phi) is 7.92. The second kappa shape index (κ2) is 11.1. The Morgan fingerprint density at radius 2 is 1.98 bits per heavy atom. The fourth-order valence-electron chi connectivity index (χ4n) is 8.36. The highest BCUT2D eigenvalue weighted by atomic mass is 35.5. The minimum absolute atomic E-state index is 0.0391. The largest absolute Gasteiger partial charge is 0.382 e. The van der Waals surface area contributed by atoms with Gasteiger partial charge in [-0.15, -0.1) is 0 Å². The van der Waals surface area contributed by atoms with Gasteiger partial charge in [0.05, 0.1) is 61.2 Å². The van der Waals surface area contributed by atoms with E-state index in [1.54, 1.807) is 31.4 Å². The van der Waals surface area contributed by atoms with Crippen molar-refractivity contribution >= 4 is 35.0 Å². The summed E-state index contributed by atoms with van der Waals surface area (Å²) in [6.07, 6.45) is 6.33. The number of fused-ring (bicyclic) bond motifs is 3. The molecule has 4 fully saturated rings. The van der Waals surface area contributed by atoms with Crippen LogP contribution in [-0.4, -0.2) is 75.3 Å². The van der Waals surface area contributed by atoms with Crippen LogP contribution in [0.15, 0.2) is 41.5 Å². The van der Waals surface area contributed by atoms with E-state index in [1.165, 1.54) is 12.1 Å². The van der Waals surface area contributed by atoms with E-state index in [-0.39, 0.29) is 42.2 Å². The van der Waals surface area contributed by atoms with Gasteiger partial charge in [0, 0.05) is 34.9 Å². The number of nitrogens with one attached hydrogen (secondary N) is 3. The zero-order chi connectivity index (χ0) is 29.9.